The van der Waals surface area contributed by atoms with Gasteiger partial charge in [-0.05, 0) is 36.8 Å². The van der Waals surface area contributed by atoms with Crippen molar-refractivity contribution in [2.75, 3.05) is 13.2 Å². The molecule has 0 atom stereocenters. The SMILES string of the molecule is Cc1cccc(OC(=O)CNC(=O)COc2ccccc2)c1. The molecule has 0 saturated heterocycles. The maximum Gasteiger partial charge on any atom is 0.330 e. The van der Waals surface area contributed by atoms with E-state index in [9.17, 15) is 9.59 Å². The zero-order valence-electron chi connectivity index (χ0n) is 12.2. The number of esters is 1. The molecule has 5 heteroatoms. The molecule has 0 fully saturated rings. The first-order valence-corrected chi connectivity index (χ1v) is 6.85. The molecule has 0 spiro atoms. The fraction of sp³-hybridized carbons (Fsp3) is 0.176. The average Bonchev–Trinajstić information content (AvgIpc) is 2.52. The molecule has 22 heavy (non-hydrogen) atoms. The van der Waals surface area contributed by atoms with Crippen molar-refractivity contribution in [3.05, 3.63) is 60.2 Å². The summed E-state index contributed by atoms with van der Waals surface area (Å²) in [6.07, 6.45) is 0. The maximum atomic E-state index is 11.6. The molecule has 114 valence electrons. The van der Waals surface area contributed by atoms with Gasteiger partial charge in [0.15, 0.2) is 6.61 Å². The summed E-state index contributed by atoms with van der Waals surface area (Å²) in [4.78, 5) is 23.2. The molecule has 1 N–H and O–H groups in total. The van der Waals surface area contributed by atoms with Crippen LogP contribution in [0.1, 0.15) is 5.56 Å². The second-order valence-corrected chi connectivity index (χ2v) is 4.67. The summed E-state index contributed by atoms with van der Waals surface area (Å²) in [6, 6.07) is 16.1. The lowest BCUT2D eigenvalue weighted by atomic mass is 10.2. The lowest BCUT2D eigenvalue weighted by Crippen LogP contribution is -2.35. The third-order valence-electron chi connectivity index (χ3n) is 2.76. The third-order valence-corrected chi connectivity index (χ3v) is 2.76. The normalized spacial score (nSPS) is 9.86. The Kier molecular flexibility index (Phi) is 5.54. The molecule has 0 bridgehead atoms. The molecular weight excluding hydrogens is 282 g/mol. The quantitative estimate of drug-likeness (QED) is 0.655. The topological polar surface area (TPSA) is 64.6 Å². The molecule has 0 aliphatic heterocycles. The van der Waals surface area contributed by atoms with E-state index in [2.05, 4.69) is 5.32 Å². The molecule has 0 radical (unpaired) electrons. The molecular formula is C17H17NO4. The van der Waals surface area contributed by atoms with E-state index >= 15 is 0 Å². The van der Waals surface area contributed by atoms with Crippen LogP contribution in [0, 0.1) is 6.92 Å². The number of aryl methyl sites for hydroxylation is 1. The summed E-state index contributed by atoms with van der Waals surface area (Å²) < 4.78 is 10.4. The molecule has 2 aromatic carbocycles. The molecule has 0 aromatic heterocycles. The zero-order chi connectivity index (χ0) is 15.8. The van der Waals surface area contributed by atoms with Crippen LogP contribution >= 0.6 is 0 Å². The smallest absolute Gasteiger partial charge is 0.330 e. The number of para-hydroxylation sites is 1. The molecule has 0 heterocycles. The average molecular weight is 299 g/mol. The van der Waals surface area contributed by atoms with Gasteiger partial charge < -0.3 is 14.8 Å². The second-order valence-electron chi connectivity index (χ2n) is 4.67. The van der Waals surface area contributed by atoms with Gasteiger partial charge in [-0.3, -0.25) is 4.79 Å². The molecule has 1 amide bonds. The Morgan fingerprint density at radius 2 is 1.73 bits per heavy atom. The fourth-order valence-corrected chi connectivity index (χ4v) is 1.73. The highest BCUT2D eigenvalue weighted by molar-refractivity contribution is 5.83. The minimum atomic E-state index is -0.529. The minimum absolute atomic E-state index is 0.151. The number of rotatable bonds is 6. The van der Waals surface area contributed by atoms with E-state index in [0.29, 0.717) is 11.5 Å². The summed E-state index contributed by atoms with van der Waals surface area (Å²) in [7, 11) is 0. The number of hydrogen-bond acceptors (Lipinski definition) is 4. The number of carbonyl (C=O) groups excluding carboxylic acids is 2. The van der Waals surface area contributed by atoms with E-state index in [4.69, 9.17) is 9.47 Å². The van der Waals surface area contributed by atoms with Gasteiger partial charge in [0, 0.05) is 0 Å². The van der Waals surface area contributed by atoms with Gasteiger partial charge >= 0.3 is 5.97 Å². The molecule has 0 saturated carbocycles. The van der Waals surface area contributed by atoms with Crippen LogP contribution in [0.5, 0.6) is 11.5 Å². The lowest BCUT2D eigenvalue weighted by molar-refractivity contribution is -0.135. The van der Waals surface area contributed by atoms with Crippen LogP contribution < -0.4 is 14.8 Å². The standard InChI is InChI=1S/C17H17NO4/c1-13-6-5-9-15(10-13)22-17(20)11-18-16(19)12-21-14-7-3-2-4-8-14/h2-10H,11-12H2,1H3,(H,18,19). The summed E-state index contributed by atoms with van der Waals surface area (Å²) >= 11 is 0. The number of amides is 1. The Morgan fingerprint density at radius 3 is 2.45 bits per heavy atom. The highest BCUT2D eigenvalue weighted by atomic mass is 16.5. The molecule has 0 aliphatic carbocycles. The van der Waals surface area contributed by atoms with Crippen LogP contribution in [0.4, 0.5) is 0 Å². The van der Waals surface area contributed by atoms with Crippen LogP contribution in [0.2, 0.25) is 0 Å². The predicted molar refractivity (Wildman–Crippen MR) is 81.8 cm³/mol. The van der Waals surface area contributed by atoms with Crippen molar-refractivity contribution in [2.24, 2.45) is 0 Å². The highest BCUT2D eigenvalue weighted by Crippen LogP contribution is 2.12. The van der Waals surface area contributed by atoms with Gasteiger partial charge in [0.05, 0.1) is 0 Å². The Morgan fingerprint density at radius 1 is 1.00 bits per heavy atom. The van der Waals surface area contributed by atoms with Crippen molar-refractivity contribution in [1.29, 1.82) is 0 Å². The van der Waals surface area contributed by atoms with Crippen molar-refractivity contribution in [2.45, 2.75) is 6.92 Å². The van der Waals surface area contributed by atoms with Crippen molar-refractivity contribution >= 4 is 11.9 Å². The summed E-state index contributed by atoms with van der Waals surface area (Å²) in [5, 5.41) is 2.45. The van der Waals surface area contributed by atoms with Crippen molar-refractivity contribution in [3.63, 3.8) is 0 Å². The first-order valence-electron chi connectivity index (χ1n) is 6.85. The van der Waals surface area contributed by atoms with Crippen molar-refractivity contribution in [1.82, 2.24) is 5.32 Å². The number of hydrogen-bond donors (Lipinski definition) is 1. The molecule has 5 nitrogen and oxygen atoms in total. The van der Waals surface area contributed by atoms with E-state index in [1.165, 1.54) is 0 Å². The first-order chi connectivity index (χ1) is 10.6. The molecule has 0 unspecified atom stereocenters. The Bertz CT molecular complexity index is 640. The van der Waals surface area contributed by atoms with Crippen LogP contribution in [-0.4, -0.2) is 25.0 Å². The van der Waals surface area contributed by atoms with Gasteiger partial charge in [0.2, 0.25) is 0 Å². The lowest BCUT2D eigenvalue weighted by Gasteiger charge is -2.08. The molecule has 0 aliphatic rings. The van der Waals surface area contributed by atoms with Gasteiger partial charge in [0.25, 0.3) is 5.91 Å². The third kappa shape index (κ3) is 5.28. The van der Waals surface area contributed by atoms with Crippen LogP contribution in [-0.2, 0) is 9.59 Å². The fourth-order valence-electron chi connectivity index (χ4n) is 1.73. The summed E-state index contributed by atoms with van der Waals surface area (Å²) in [6.45, 7) is 1.55. The summed E-state index contributed by atoms with van der Waals surface area (Å²) in [5.74, 6) is 0.142. The first kappa shape index (κ1) is 15.6. The monoisotopic (exact) mass is 299 g/mol. The summed E-state index contributed by atoms with van der Waals surface area (Å²) in [5.41, 5.74) is 0.991. The second kappa shape index (κ2) is 7.83. The number of nitrogens with one attached hydrogen (secondary N) is 1. The number of benzene rings is 2. The van der Waals surface area contributed by atoms with E-state index in [1.54, 1.807) is 30.3 Å². The highest BCUT2D eigenvalue weighted by Gasteiger charge is 2.08. The van der Waals surface area contributed by atoms with Gasteiger partial charge in [-0.15, -0.1) is 0 Å². The van der Waals surface area contributed by atoms with Crippen LogP contribution in [0.15, 0.2) is 54.6 Å². The predicted octanol–water partition coefficient (Wildman–Crippen LogP) is 2.10. The largest absolute Gasteiger partial charge is 0.484 e. The number of ether oxygens (including phenoxy) is 2. The minimum Gasteiger partial charge on any atom is -0.484 e. The Balaban J connectivity index is 1.70. The van der Waals surface area contributed by atoms with Crippen LogP contribution in [0.3, 0.4) is 0 Å². The van der Waals surface area contributed by atoms with Gasteiger partial charge in [-0.25, -0.2) is 4.79 Å². The van der Waals surface area contributed by atoms with Crippen LogP contribution in [0.25, 0.3) is 0 Å². The van der Waals surface area contributed by atoms with Gasteiger partial charge in [0.1, 0.15) is 18.0 Å². The van der Waals surface area contributed by atoms with E-state index in [-0.39, 0.29) is 19.1 Å². The van der Waals surface area contributed by atoms with Crippen molar-refractivity contribution in [3.8, 4) is 11.5 Å². The Labute approximate surface area is 128 Å². The van der Waals surface area contributed by atoms with E-state index in [1.807, 2.05) is 31.2 Å². The van der Waals surface area contributed by atoms with E-state index in [0.717, 1.165) is 5.56 Å². The van der Waals surface area contributed by atoms with Gasteiger partial charge in [-0.2, -0.15) is 0 Å². The Hall–Kier alpha value is -2.82. The molecule has 2 rings (SSSR count). The van der Waals surface area contributed by atoms with E-state index < -0.39 is 5.97 Å². The number of carbonyl (C=O) groups is 2. The maximum absolute atomic E-state index is 11.6. The molecule has 2 aromatic rings. The van der Waals surface area contributed by atoms with Gasteiger partial charge in [-0.1, -0.05) is 30.3 Å². The zero-order valence-corrected chi connectivity index (χ0v) is 12.2. The van der Waals surface area contributed by atoms with Crippen molar-refractivity contribution < 1.29 is 19.1 Å².